The molecule has 1 N–H and O–H groups in total. The van der Waals surface area contributed by atoms with Crippen LogP contribution in [0, 0.1) is 0 Å². The molecule has 0 radical (unpaired) electrons. The molecule has 1 saturated heterocycles. The molecular formula is C24H30N4O2. The minimum Gasteiger partial charge on any atom is -0.373 e. The summed E-state index contributed by atoms with van der Waals surface area (Å²) >= 11 is 0. The minimum atomic E-state index is -0.141. The van der Waals surface area contributed by atoms with Gasteiger partial charge in [-0.2, -0.15) is 0 Å². The molecule has 2 aromatic carbocycles. The van der Waals surface area contributed by atoms with Crippen molar-refractivity contribution in [3.05, 3.63) is 60.4 Å². The van der Waals surface area contributed by atoms with E-state index in [1.54, 1.807) is 0 Å². The number of carbonyl (C=O) groups is 1. The third kappa shape index (κ3) is 4.25. The van der Waals surface area contributed by atoms with Gasteiger partial charge in [-0.3, -0.25) is 14.3 Å². The smallest absolute Gasteiger partial charge is 0.251 e. The number of morpholine rings is 1. The number of hydrogen-bond acceptors (Lipinski definition) is 4. The number of para-hydroxylation sites is 2. The van der Waals surface area contributed by atoms with Crippen molar-refractivity contribution in [2.75, 3.05) is 19.6 Å². The second-order valence-corrected chi connectivity index (χ2v) is 8.81. The molecule has 1 aliphatic heterocycles. The molecule has 0 saturated carbocycles. The second kappa shape index (κ2) is 8.20. The van der Waals surface area contributed by atoms with Gasteiger partial charge in [0.25, 0.3) is 5.91 Å². The Morgan fingerprint density at radius 2 is 1.77 bits per heavy atom. The van der Waals surface area contributed by atoms with Crippen molar-refractivity contribution in [1.82, 2.24) is 19.8 Å². The van der Waals surface area contributed by atoms with E-state index in [-0.39, 0.29) is 23.7 Å². The highest BCUT2D eigenvalue weighted by molar-refractivity contribution is 5.94. The van der Waals surface area contributed by atoms with Crippen LogP contribution < -0.4 is 5.32 Å². The molecule has 2 atom stereocenters. The summed E-state index contributed by atoms with van der Waals surface area (Å²) < 4.78 is 7.87. The van der Waals surface area contributed by atoms with Crippen molar-refractivity contribution >= 4 is 16.9 Å². The lowest BCUT2D eigenvalue weighted by Crippen LogP contribution is -2.58. The summed E-state index contributed by atoms with van der Waals surface area (Å²) in [6, 6.07) is 15.7. The first kappa shape index (κ1) is 20.6. The van der Waals surface area contributed by atoms with E-state index in [9.17, 15) is 4.79 Å². The van der Waals surface area contributed by atoms with Crippen LogP contribution in [-0.4, -0.2) is 57.7 Å². The molecule has 30 heavy (non-hydrogen) atoms. The number of amides is 1. The van der Waals surface area contributed by atoms with Crippen LogP contribution in [-0.2, 0) is 4.74 Å². The van der Waals surface area contributed by atoms with E-state index in [4.69, 9.17) is 4.74 Å². The normalized spacial score (nSPS) is 20.4. The van der Waals surface area contributed by atoms with Crippen molar-refractivity contribution < 1.29 is 9.53 Å². The monoisotopic (exact) mass is 406 g/mol. The maximum atomic E-state index is 12.7. The molecule has 6 heteroatoms. The van der Waals surface area contributed by atoms with E-state index < -0.39 is 0 Å². The topological polar surface area (TPSA) is 59.4 Å². The molecule has 6 nitrogen and oxygen atoms in total. The molecule has 0 bridgehead atoms. The zero-order chi connectivity index (χ0) is 21.3. The van der Waals surface area contributed by atoms with Crippen LogP contribution in [0.2, 0.25) is 0 Å². The lowest BCUT2D eigenvalue weighted by Gasteiger charge is -2.45. The number of benzene rings is 2. The van der Waals surface area contributed by atoms with E-state index in [0.29, 0.717) is 12.1 Å². The molecule has 2 unspecified atom stereocenters. The molecule has 1 amide bonds. The Morgan fingerprint density at radius 1 is 1.10 bits per heavy atom. The van der Waals surface area contributed by atoms with Crippen molar-refractivity contribution in [2.45, 2.75) is 45.4 Å². The average Bonchev–Trinajstić information content (AvgIpc) is 3.16. The van der Waals surface area contributed by atoms with Crippen molar-refractivity contribution in [3.8, 4) is 5.69 Å². The maximum absolute atomic E-state index is 12.7. The van der Waals surface area contributed by atoms with Gasteiger partial charge < -0.3 is 10.1 Å². The van der Waals surface area contributed by atoms with Crippen LogP contribution in [0.5, 0.6) is 0 Å². The highest BCUT2D eigenvalue weighted by Crippen LogP contribution is 2.21. The molecule has 4 rings (SSSR count). The molecule has 1 aliphatic rings. The predicted molar refractivity (Wildman–Crippen MR) is 119 cm³/mol. The summed E-state index contributed by atoms with van der Waals surface area (Å²) in [4.78, 5) is 19.6. The summed E-state index contributed by atoms with van der Waals surface area (Å²) in [6.45, 7) is 10.9. The van der Waals surface area contributed by atoms with E-state index in [1.165, 1.54) is 0 Å². The van der Waals surface area contributed by atoms with Gasteiger partial charge in [-0.25, -0.2) is 4.98 Å². The number of aromatic nitrogens is 2. The van der Waals surface area contributed by atoms with Gasteiger partial charge in [-0.05, 0) is 64.1 Å². The van der Waals surface area contributed by atoms with Gasteiger partial charge in [0.15, 0.2) is 0 Å². The van der Waals surface area contributed by atoms with Gasteiger partial charge in [0.1, 0.15) is 6.33 Å². The summed E-state index contributed by atoms with van der Waals surface area (Å²) in [6.07, 6.45) is 2.22. The highest BCUT2D eigenvalue weighted by Gasteiger charge is 2.33. The van der Waals surface area contributed by atoms with Crippen molar-refractivity contribution in [3.63, 3.8) is 0 Å². The Balaban J connectivity index is 1.41. The van der Waals surface area contributed by atoms with Gasteiger partial charge in [-0.15, -0.1) is 0 Å². The number of rotatable bonds is 5. The average molecular weight is 407 g/mol. The molecule has 1 fully saturated rings. The third-order valence-corrected chi connectivity index (χ3v) is 5.82. The SMILES string of the molecule is CC1CN(C(C)(C)CNC(=O)c2ccc(-n3cnc4ccccc43)cc2)CC(C)O1. The molecule has 2 heterocycles. The molecule has 0 aliphatic carbocycles. The van der Waals surface area contributed by atoms with E-state index in [0.717, 1.165) is 29.8 Å². The standard InChI is InChI=1S/C24H30N4O2/c1-17-13-27(14-18(2)30-17)24(3,4)15-25-23(29)19-9-11-20(12-10-19)28-16-26-21-7-5-6-8-22(21)28/h5-12,16-18H,13-15H2,1-4H3,(H,25,29). The summed E-state index contributed by atoms with van der Waals surface area (Å²) in [7, 11) is 0. The molecular weight excluding hydrogens is 376 g/mol. The maximum Gasteiger partial charge on any atom is 0.251 e. The number of nitrogens with zero attached hydrogens (tertiary/aromatic N) is 3. The number of nitrogens with one attached hydrogen (secondary N) is 1. The van der Waals surface area contributed by atoms with E-state index >= 15 is 0 Å². The predicted octanol–water partition coefficient (Wildman–Crippen LogP) is 3.64. The van der Waals surface area contributed by atoms with Gasteiger partial charge in [0.05, 0.1) is 23.2 Å². The van der Waals surface area contributed by atoms with Crippen LogP contribution in [0.15, 0.2) is 54.9 Å². The highest BCUT2D eigenvalue weighted by atomic mass is 16.5. The summed E-state index contributed by atoms with van der Waals surface area (Å²) in [5.74, 6) is -0.0560. The molecule has 158 valence electrons. The summed E-state index contributed by atoms with van der Waals surface area (Å²) in [5.41, 5.74) is 3.50. The largest absolute Gasteiger partial charge is 0.373 e. The van der Waals surface area contributed by atoms with E-state index in [1.807, 2.05) is 59.4 Å². The molecule has 1 aromatic heterocycles. The molecule has 0 spiro atoms. The quantitative estimate of drug-likeness (QED) is 0.703. The number of imidazole rings is 1. The molecule has 3 aromatic rings. The number of carbonyl (C=O) groups excluding carboxylic acids is 1. The fraction of sp³-hybridized carbons (Fsp3) is 0.417. The Morgan fingerprint density at radius 3 is 2.47 bits per heavy atom. The van der Waals surface area contributed by atoms with Crippen LogP contribution in [0.4, 0.5) is 0 Å². The fourth-order valence-corrected chi connectivity index (χ4v) is 4.12. The van der Waals surface area contributed by atoms with Crippen LogP contribution in [0.25, 0.3) is 16.7 Å². The fourth-order valence-electron chi connectivity index (χ4n) is 4.12. The number of hydrogen-bond donors (Lipinski definition) is 1. The zero-order valence-corrected chi connectivity index (χ0v) is 18.1. The Labute approximate surface area is 177 Å². The minimum absolute atomic E-state index is 0.0560. The Hall–Kier alpha value is -2.70. The second-order valence-electron chi connectivity index (χ2n) is 8.81. The van der Waals surface area contributed by atoms with E-state index in [2.05, 4.69) is 42.9 Å². The first-order chi connectivity index (χ1) is 14.3. The number of ether oxygens (including phenoxy) is 1. The van der Waals surface area contributed by atoms with Gasteiger partial charge in [0.2, 0.25) is 0 Å². The summed E-state index contributed by atoms with van der Waals surface area (Å²) in [5, 5.41) is 3.11. The first-order valence-corrected chi connectivity index (χ1v) is 10.5. The number of fused-ring (bicyclic) bond motifs is 1. The van der Waals surface area contributed by atoms with Crippen LogP contribution in [0.3, 0.4) is 0 Å². The van der Waals surface area contributed by atoms with Gasteiger partial charge in [-0.1, -0.05) is 12.1 Å². The Kier molecular flexibility index (Phi) is 5.62. The first-order valence-electron chi connectivity index (χ1n) is 10.5. The Bertz CT molecular complexity index is 1020. The van der Waals surface area contributed by atoms with Crippen LogP contribution in [0.1, 0.15) is 38.1 Å². The van der Waals surface area contributed by atoms with Gasteiger partial charge >= 0.3 is 0 Å². The van der Waals surface area contributed by atoms with Crippen LogP contribution >= 0.6 is 0 Å². The van der Waals surface area contributed by atoms with Gasteiger partial charge in [0, 0.05) is 36.4 Å². The zero-order valence-electron chi connectivity index (χ0n) is 18.1. The lowest BCUT2D eigenvalue weighted by atomic mass is 10.00. The third-order valence-electron chi connectivity index (χ3n) is 5.82. The van der Waals surface area contributed by atoms with Crippen molar-refractivity contribution in [1.29, 1.82) is 0 Å². The van der Waals surface area contributed by atoms with Crippen molar-refractivity contribution in [2.24, 2.45) is 0 Å². The lowest BCUT2D eigenvalue weighted by molar-refractivity contribution is -0.0948.